The van der Waals surface area contributed by atoms with Crippen molar-refractivity contribution in [3.8, 4) is 0 Å². The van der Waals surface area contributed by atoms with Gasteiger partial charge in [-0.1, -0.05) is 17.7 Å². The number of hydrogen-bond acceptors (Lipinski definition) is 3. The van der Waals surface area contributed by atoms with Gasteiger partial charge in [0.15, 0.2) is 0 Å². The molecule has 1 aromatic carbocycles. The van der Waals surface area contributed by atoms with Crippen molar-refractivity contribution < 1.29 is 10.2 Å². The Morgan fingerprint density at radius 2 is 2.11 bits per heavy atom. The molecule has 4 heteroatoms. The van der Waals surface area contributed by atoms with Gasteiger partial charge in [-0.2, -0.15) is 0 Å². The zero-order chi connectivity index (χ0) is 13.3. The molecule has 18 heavy (non-hydrogen) atoms. The third kappa shape index (κ3) is 2.97. The highest BCUT2D eigenvalue weighted by molar-refractivity contribution is 6.33. The molecule has 1 aliphatic carbocycles. The maximum atomic E-state index is 9.50. The molecule has 0 aromatic heterocycles. The lowest BCUT2D eigenvalue weighted by Gasteiger charge is -2.35. The molecule has 1 fully saturated rings. The second kappa shape index (κ2) is 5.47. The minimum absolute atomic E-state index is 0.114. The summed E-state index contributed by atoms with van der Waals surface area (Å²) in [5.41, 5.74) is 1.80. The van der Waals surface area contributed by atoms with E-state index in [0.717, 1.165) is 30.6 Å². The highest BCUT2D eigenvalue weighted by Gasteiger charge is 2.28. The third-order valence-electron chi connectivity index (χ3n) is 3.61. The number of anilines is 1. The SMILES string of the molecule is C[C@@H](O)c1ccc(N(C)CC2CC(O)C2)c(Cl)c1. The van der Waals surface area contributed by atoms with E-state index in [1.165, 1.54) is 0 Å². The summed E-state index contributed by atoms with van der Waals surface area (Å²) in [6, 6.07) is 5.66. The molecular formula is C14H20ClNO2. The number of benzene rings is 1. The number of nitrogens with zero attached hydrogens (tertiary/aromatic N) is 1. The first kappa shape index (κ1) is 13.7. The summed E-state index contributed by atoms with van der Waals surface area (Å²) in [4.78, 5) is 2.12. The fourth-order valence-corrected chi connectivity index (χ4v) is 2.76. The van der Waals surface area contributed by atoms with Crippen molar-refractivity contribution in [3.63, 3.8) is 0 Å². The Hall–Kier alpha value is -0.770. The molecule has 1 aliphatic rings. The molecule has 0 spiro atoms. The lowest BCUT2D eigenvalue weighted by Crippen LogP contribution is -2.37. The van der Waals surface area contributed by atoms with E-state index in [1.807, 2.05) is 25.2 Å². The minimum atomic E-state index is -0.497. The smallest absolute Gasteiger partial charge is 0.0762 e. The van der Waals surface area contributed by atoms with Crippen LogP contribution < -0.4 is 4.90 Å². The standard InChI is InChI=1S/C14H20ClNO2/c1-9(17)11-3-4-14(13(15)7-11)16(2)8-10-5-12(18)6-10/h3-4,7,9-10,12,17-18H,5-6,8H2,1-2H3/t9-,10?,12?/m1/s1. The fourth-order valence-electron chi connectivity index (χ4n) is 2.43. The molecule has 100 valence electrons. The van der Waals surface area contributed by atoms with Crippen molar-refractivity contribution in [2.45, 2.75) is 32.0 Å². The van der Waals surface area contributed by atoms with Crippen molar-refractivity contribution in [1.29, 1.82) is 0 Å². The molecule has 2 rings (SSSR count). The zero-order valence-corrected chi connectivity index (χ0v) is 11.6. The van der Waals surface area contributed by atoms with Crippen molar-refractivity contribution in [3.05, 3.63) is 28.8 Å². The van der Waals surface area contributed by atoms with Gasteiger partial charge in [0.2, 0.25) is 0 Å². The molecule has 0 amide bonds. The number of halogens is 1. The van der Waals surface area contributed by atoms with Crippen molar-refractivity contribution in [2.24, 2.45) is 5.92 Å². The van der Waals surface area contributed by atoms with Crippen LogP contribution in [0.25, 0.3) is 0 Å². The van der Waals surface area contributed by atoms with Crippen molar-refractivity contribution >= 4 is 17.3 Å². The van der Waals surface area contributed by atoms with Gasteiger partial charge in [0.25, 0.3) is 0 Å². The minimum Gasteiger partial charge on any atom is -0.393 e. The molecular weight excluding hydrogens is 250 g/mol. The van der Waals surface area contributed by atoms with Crippen molar-refractivity contribution in [1.82, 2.24) is 0 Å². The molecule has 0 radical (unpaired) electrons. The normalized spacial score (nSPS) is 24.5. The van der Waals surface area contributed by atoms with Gasteiger partial charge in [-0.3, -0.25) is 0 Å². The van der Waals surface area contributed by atoms with Crippen LogP contribution in [0.1, 0.15) is 31.4 Å². The predicted molar refractivity (Wildman–Crippen MR) is 74.1 cm³/mol. The number of hydrogen-bond donors (Lipinski definition) is 2. The first-order valence-electron chi connectivity index (χ1n) is 6.34. The highest BCUT2D eigenvalue weighted by atomic mass is 35.5. The van der Waals surface area contributed by atoms with Crippen LogP contribution in [0.2, 0.25) is 5.02 Å². The average Bonchev–Trinajstić information content (AvgIpc) is 2.26. The summed E-state index contributed by atoms with van der Waals surface area (Å²) in [5, 5.41) is 19.4. The summed E-state index contributed by atoms with van der Waals surface area (Å²) < 4.78 is 0. The average molecular weight is 270 g/mol. The Morgan fingerprint density at radius 3 is 2.61 bits per heavy atom. The Bertz CT molecular complexity index is 416. The van der Waals surface area contributed by atoms with E-state index >= 15 is 0 Å². The maximum Gasteiger partial charge on any atom is 0.0762 e. The van der Waals surface area contributed by atoms with Gasteiger partial charge < -0.3 is 15.1 Å². The molecule has 3 nitrogen and oxygen atoms in total. The van der Waals surface area contributed by atoms with Crippen LogP contribution in [-0.4, -0.2) is 29.9 Å². The largest absolute Gasteiger partial charge is 0.393 e. The van der Waals surface area contributed by atoms with E-state index in [0.29, 0.717) is 10.9 Å². The van der Waals surface area contributed by atoms with E-state index in [1.54, 1.807) is 6.92 Å². The summed E-state index contributed by atoms with van der Waals surface area (Å²) in [6.07, 6.45) is 1.15. The number of aliphatic hydroxyl groups excluding tert-OH is 2. The monoisotopic (exact) mass is 269 g/mol. The van der Waals surface area contributed by atoms with E-state index in [4.69, 9.17) is 11.6 Å². The third-order valence-corrected chi connectivity index (χ3v) is 3.91. The molecule has 0 unspecified atom stereocenters. The molecule has 2 N–H and O–H groups in total. The quantitative estimate of drug-likeness (QED) is 0.883. The Balaban J connectivity index is 2.03. The van der Waals surface area contributed by atoms with Crippen LogP contribution in [0.3, 0.4) is 0 Å². The van der Waals surface area contributed by atoms with Crippen LogP contribution >= 0.6 is 11.6 Å². The number of aliphatic hydroxyl groups is 2. The molecule has 0 bridgehead atoms. The maximum absolute atomic E-state index is 9.50. The molecule has 0 aliphatic heterocycles. The topological polar surface area (TPSA) is 43.7 Å². The molecule has 0 saturated heterocycles. The van der Waals surface area contributed by atoms with Crippen molar-refractivity contribution in [2.75, 3.05) is 18.5 Å². The van der Waals surface area contributed by atoms with E-state index in [2.05, 4.69) is 4.90 Å². The second-order valence-electron chi connectivity index (χ2n) is 5.26. The molecule has 1 atom stereocenters. The number of rotatable bonds is 4. The Kier molecular flexibility index (Phi) is 4.15. The van der Waals surface area contributed by atoms with E-state index in [9.17, 15) is 10.2 Å². The summed E-state index contributed by atoms with van der Waals surface area (Å²) in [6.45, 7) is 2.63. The lowest BCUT2D eigenvalue weighted by molar-refractivity contribution is 0.0465. The summed E-state index contributed by atoms with van der Waals surface area (Å²) in [7, 11) is 2.01. The van der Waals surface area contributed by atoms with Gasteiger partial charge in [-0.15, -0.1) is 0 Å². The highest BCUT2D eigenvalue weighted by Crippen LogP contribution is 2.32. The van der Waals surface area contributed by atoms with Crippen LogP contribution in [0.15, 0.2) is 18.2 Å². The van der Waals surface area contributed by atoms with Gasteiger partial charge >= 0.3 is 0 Å². The summed E-state index contributed by atoms with van der Waals surface area (Å²) in [5.74, 6) is 0.553. The molecule has 1 saturated carbocycles. The van der Waals surface area contributed by atoms with E-state index < -0.39 is 6.10 Å². The first-order chi connectivity index (χ1) is 8.47. The second-order valence-corrected chi connectivity index (χ2v) is 5.67. The Morgan fingerprint density at radius 1 is 1.44 bits per heavy atom. The van der Waals surface area contributed by atoms with Gasteiger partial charge in [0.05, 0.1) is 22.9 Å². The van der Waals surface area contributed by atoms with Gasteiger partial charge in [0, 0.05) is 13.6 Å². The lowest BCUT2D eigenvalue weighted by atomic mass is 9.82. The fraction of sp³-hybridized carbons (Fsp3) is 0.571. The van der Waals surface area contributed by atoms with Crippen LogP contribution in [0.5, 0.6) is 0 Å². The van der Waals surface area contributed by atoms with E-state index in [-0.39, 0.29) is 6.10 Å². The first-order valence-corrected chi connectivity index (χ1v) is 6.72. The van der Waals surface area contributed by atoms with Crippen LogP contribution in [0, 0.1) is 5.92 Å². The van der Waals surface area contributed by atoms with Crippen LogP contribution in [-0.2, 0) is 0 Å². The zero-order valence-electron chi connectivity index (χ0n) is 10.8. The predicted octanol–water partition coefficient (Wildman–Crippen LogP) is 2.60. The molecule has 1 aromatic rings. The van der Waals surface area contributed by atoms with Crippen LogP contribution in [0.4, 0.5) is 5.69 Å². The van der Waals surface area contributed by atoms with Gasteiger partial charge in [0.1, 0.15) is 0 Å². The Labute approximate surface area is 113 Å². The molecule has 0 heterocycles. The summed E-state index contributed by atoms with van der Waals surface area (Å²) >= 11 is 6.24. The van der Waals surface area contributed by atoms with Gasteiger partial charge in [-0.25, -0.2) is 0 Å². The van der Waals surface area contributed by atoms with Gasteiger partial charge in [-0.05, 0) is 43.4 Å².